The van der Waals surface area contributed by atoms with Gasteiger partial charge >= 0.3 is 18.0 Å². The minimum atomic E-state index is -1.88. The highest BCUT2D eigenvalue weighted by molar-refractivity contribution is 6.76. The van der Waals surface area contributed by atoms with Crippen LogP contribution in [0.15, 0.2) is 0 Å². The fraction of sp³-hybridized carbons (Fsp3) is 0.917. The number of ether oxygens (including phenoxy) is 5. The number of aliphatic hydroxyl groups excluding tert-OH is 2. The molecule has 1 heterocycles. The monoisotopic (exact) mass is 805 g/mol. The molecule has 300 valence electrons. The molecule has 0 saturated carbocycles. The van der Waals surface area contributed by atoms with Crippen LogP contribution in [0.5, 0.6) is 0 Å². The van der Waals surface area contributed by atoms with Gasteiger partial charge in [-0.05, 0) is 25.3 Å². The fourth-order valence-electron chi connectivity index (χ4n) is 5.70. The zero-order chi connectivity index (χ0) is 38.3. The van der Waals surface area contributed by atoms with E-state index in [1.807, 2.05) is 0 Å². The van der Waals surface area contributed by atoms with E-state index in [0.717, 1.165) is 57.4 Å². The van der Waals surface area contributed by atoms with Crippen molar-refractivity contribution in [3.05, 3.63) is 0 Å². The zero-order valence-electron chi connectivity index (χ0n) is 31.6. The van der Waals surface area contributed by atoms with Crippen LogP contribution in [0.3, 0.4) is 0 Å². The van der Waals surface area contributed by atoms with Crippen molar-refractivity contribution in [3.63, 3.8) is 0 Å². The molecule has 0 unspecified atom stereocenters. The lowest BCUT2D eigenvalue weighted by Crippen LogP contribution is -2.66. The molecule has 6 atom stereocenters. The van der Waals surface area contributed by atoms with Gasteiger partial charge in [0.05, 0.1) is 13.0 Å². The highest BCUT2D eigenvalue weighted by Gasteiger charge is 2.49. The summed E-state index contributed by atoms with van der Waals surface area (Å²) in [6.45, 7) is 9.90. The van der Waals surface area contributed by atoms with Crippen LogP contribution in [0.1, 0.15) is 123 Å². The highest BCUT2D eigenvalue weighted by atomic mass is 35.6. The molecule has 0 aromatic carbocycles. The van der Waals surface area contributed by atoms with Gasteiger partial charge in [-0.2, -0.15) is 0 Å². The van der Waals surface area contributed by atoms with E-state index in [-0.39, 0.29) is 25.4 Å². The summed E-state index contributed by atoms with van der Waals surface area (Å²) < 4.78 is 26.6. The second-order valence-corrected chi connectivity index (χ2v) is 22.9. The number of rotatable bonds is 27. The van der Waals surface area contributed by atoms with Crippen molar-refractivity contribution in [2.75, 3.05) is 19.8 Å². The number of carbonyl (C=O) groups is 3. The minimum absolute atomic E-state index is 0.252. The third-order valence-electron chi connectivity index (χ3n) is 8.71. The Morgan fingerprint density at radius 1 is 0.863 bits per heavy atom. The van der Waals surface area contributed by atoms with Gasteiger partial charge in [-0.25, -0.2) is 4.79 Å². The van der Waals surface area contributed by atoms with Crippen LogP contribution in [0.2, 0.25) is 25.7 Å². The lowest BCUT2D eigenvalue weighted by Gasteiger charge is -2.43. The Kier molecular flexibility index (Phi) is 25.3. The van der Waals surface area contributed by atoms with E-state index in [9.17, 15) is 24.6 Å². The Hall–Kier alpha value is -0.863. The van der Waals surface area contributed by atoms with Gasteiger partial charge in [0.2, 0.25) is 3.79 Å². The molecule has 0 aromatic heterocycles. The predicted molar refractivity (Wildman–Crippen MR) is 204 cm³/mol. The van der Waals surface area contributed by atoms with Crippen molar-refractivity contribution >= 4 is 60.9 Å². The van der Waals surface area contributed by atoms with Gasteiger partial charge < -0.3 is 39.2 Å². The first kappa shape index (κ1) is 48.2. The Morgan fingerprint density at radius 3 is 1.98 bits per heavy atom. The molecule has 15 heteroatoms. The molecular formula is C36H66Cl3NO10Si. The van der Waals surface area contributed by atoms with E-state index < -0.39 is 73.9 Å². The van der Waals surface area contributed by atoms with Crippen molar-refractivity contribution in [2.24, 2.45) is 0 Å². The van der Waals surface area contributed by atoms with Crippen LogP contribution >= 0.6 is 34.8 Å². The summed E-state index contributed by atoms with van der Waals surface area (Å²) in [4.78, 5) is 39.1. The average molecular weight is 807 g/mol. The second kappa shape index (κ2) is 26.8. The highest BCUT2D eigenvalue weighted by Crippen LogP contribution is 2.28. The summed E-state index contributed by atoms with van der Waals surface area (Å²) in [5, 5.41) is 23.7. The maximum Gasteiger partial charge on any atom is 0.407 e. The minimum Gasteiger partial charge on any atom is -0.462 e. The zero-order valence-corrected chi connectivity index (χ0v) is 34.9. The number of amides is 1. The molecule has 1 amide bonds. The first-order valence-electron chi connectivity index (χ1n) is 19.0. The van der Waals surface area contributed by atoms with Crippen LogP contribution in [-0.2, 0) is 33.3 Å². The summed E-state index contributed by atoms with van der Waals surface area (Å²) in [5.41, 5.74) is 0. The lowest BCUT2D eigenvalue weighted by molar-refractivity contribution is -0.272. The smallest absolute Gasteiger partial charge is 0.407 e. The number of alkyl halides is 3. The average Bonchev–Trinajstić information content (AvgIpc) is 3.04. The molecule has 1 aliphatic heterocycles. The predicted octanol–water partition coefficient (Wildman–Crippen LogP) is 8.38. The van der Waals surface area contributed by atoms with Gasteiger partial charge in [0.25, 0.3) is 0 Å². The van der Waals surface area contributed by atoms with Crippen LogP contribution in [0.4, 0.5) is 4.79 Å². The van der Waals surface area contributed by atoms with Gasteiger partial charge in [0, 0.05) is 21.1 Å². The number of carbonyl (C=O) groups excluding carboxylic acids is 3. The quantitative estimate of drug-likeness (QED) is 0.0243. The van der Waals surface area contributed by atoms with E-state index in [1.54, 1.807) is 0 Å². The molecule has 1 saturated heterocycles. The number of alkyl carbamates (subject to hydrolysis) is 1. The van der Waals surface area contributed by atoms with E-state index in [0.29, 0.717) is 12.8 Å². The van der Waals surface area contributed by atoms with Gasteiger partial charge in [0.1, 0.15) is 31.0 Å². The summed E-state index contributed by atoms with van der Waals surface area (Å²) in [6.07, 6.45) is 8.39. The largest absolute Gasteiger partial charge is 0.462 e. The summed E-state index contributed by atoms with van der Waals surface area (Å²) in [5.74, 6) is -1.12. The summed E-state index contributed by atoms with van der Waals surface area (Å²) in [6, 6.07) is -0.504. The maximum absolute atomic E-state index is 13.5. The molecule has 0 spiro atoms. The van der Waals surface area contributed by atoms with Crippen LogP contribution in [-0.4, -0.2) is 96.7 Å². The van der Waals surface area contributed by atoms with Crippen molar-refractivity contribution in [2.45, 2.75) is 189 Å². The standard InChI is InChI=1S/C36H66Cl3NO10Si/c1-6-8-10-12-13-14-15-17-18-20-27(48-29(42)21-19-16-11-9-7-2)24-30(43)50-33-31(40-35(45)47-26-36(37,38)39)34(46-22-23-51(3,4)5)49-28(25-41)32(33)44/h27-28,31-34,41,44H,6-26H2,1-5H3,(H,40,45)/t27-,28-,31+,32-,33-,34+/m1/s1. The van der Waals surface area contributed by atoms with Crippen molar-refractivity contribution in [3.8, 4) is 0 Å². The van der Waals surface area contributed by atoms with Crippen molar-refractivity contribution < 1.29 is 48.3 Å². The molecule has 0 radical (unpaired) electrons. The molecule has 11 nitrogen and oxygen atoms in total. The first-order valence-corrected chi connectivity index (χ1v) is 23.9. The maximum atomic E-state index is 13.5. The molecule has 51 heavy (non-hydrogen) atoms. The summed E-state index contributed by atoms with van der Waals surface area (Å²) >= 11 is 17.2. The second-order valence-electron chi connectivity index (χ2n) is 14.8. The Labute approximate surface area is 322 Å². The lowest BCUT2D eigenvalue weighted by atomic mass is 9.96. The first-order chi connectivity index (χ1) is 24.1. The third kappa shape index (κ3) is 23.5. The number of nitrogens with one attached hydrogen (secondary N) is 1. The van der Waals surface area contributed by atoms with Gasteiger partial charge in [-0.15, -0.1) is 0 Å². The van der Waals surface area contributed by atoms with E-state index >= 15 is 0 Å². The number of esters is 2. The van der Waals surface area contributed by atoms with Crippen LogP contribution < -0.4 is 5.32 Å². The van der Waals surface area contributed by atoms with E-state index in [4.69, 9.17) is 58.5 Å². The Morgan fingerprint density at radius 2 is 1.43 bits per heavy atom. The molecule has 1 aliphatic rings. The Bertz CT molecular complexity index is 969. The summed E-state index contributed by atoms with van der Waals surface area (Å²) in [7, 11) is -1.55. The topological polar surface area (TPSA) is 150 Å². The van der Waals surface area contributed by atoms with Gasteiger partial charge in [-0.1, -0.05) is 145 Å². The van der Waals surface area contributed by atoms with Crippen molar-refractivity contribution in [1.29, 1.82) is 0 Å². The number of unbranched alkanes of at least 4 members (excludes halogenated alkanes) is 12. The number of aliphatic hydroxyl groups is 2. The number of hydrogen-bond acceptors (Lipinski definition) is 10. The molecule has 3 N–H and O–H groups in total. The van der Waals surface area contributed by atoms with Gasteiger partial charge in [0.15, 0.2) is 12.4 Å². The van der Waals surface area contributed by atoms with Crippen LogP contribution in [0, 0.1) is 0 Å². The van der Waals surface area contributed by atoms with E-state index in [2.05, 4.69) is 38.8 Å². The van der Waals surface area contributed by atoms with Gasteiger partial charge in [-0.3, -0.25) is 9.59 Å². The number of hydrogen-bond donors (Lipinski definition) is 3. The molecule has 1 rings (SSSR count). The van der Waals surface area contributed by atoms with E-state index in [1.165, 1.54) is 32.1 Å². The SMILES string of the molecule is CCCCCCCCCCC[C@H](CC(=O)O[C@H]1[C@H](O)[C@@H](CO)O[C@H](OCC[Si](C)(C)C)[C@H]1NC(=O)OCC(Cl)(Cl)Cl)OC(=O)CCCCCCC. The Balaban J connectivity index is 3.06. The third-order valence-corrected chi connectivity index (χ3v) is 10.7. The molecular weight excluding hydrogens is 741 g/mol. The van der Waals surface area contributed by atoms with Crippen molar-refractivity contribution in [1.82, 2.24) is 5.32 Å². The number of halogens is 3. The normalized spacial score (nSPS) is 21.6. The molecule has 1 fully saturated rings. The molecule has 0 aromatic rings. The fourth-order valence-corrected chi connectivity index (χ4v) is 6.59. The molecule has 0 aliphatic carbocycles. The van der Waals surface area contributed by atoms with Crippen LogP contribution in [0.25, 0.3) is 0 Å². The molecule has 0 bridgehead atoms.